The van der Waals surface area contributed by atoms with E-state index in [1.807, 2.05) is 40.0 Å². The summed E-state index contributed by atoms with van der Waals surface area (Å²) in [7, 11) is 1.66. The van der Waals surface area contributed by atoms with Crippen molar-refractivity contribution in [2.24, 2.45) is 0 Å². The van der Waals surface area contributed by atoms with Gasteiger partial charge in [-0.3, -0.25) is 9.48 Å². The molecular weight excluding hydrogens is 354 g/mol. The molecule has 2 aliphatic heterocycles. The van der Waals surface area contributed by atoms with E-state index in [0.29, 0.717) is 0 Å². The topological polar surface area (TPSA) is 76.0 Å². The molecule has 0 aliphatic carbocycles. The molecule has 4 heterocycles. The number of aromatic nitrogens is 4. The zero-order chi connectivity index (χ0) is 19.1. The van der Waals surface area contributed by atoms with Crippen molar-refractivity contribution < 1.29 is 9.53 Å². The van der Waals surface area contributed by atoms with Gasteiger partial charge in [0, 0.05) is 18.7 Å². The highest BCUT2D eigenvalue weighted by molar-refractivity contribution is 5.95. The van der Waals surface area contributed by atoms with E-state index in [0.717, 1.165) is 72.9 Å². The second-order valence-electron chi connectivity index (χ2n) is 7.40. The van der Waals surface area contributed by atoms with Gasteiger partial charge >= 0.3 is 0 Å². The number of hydrogen-bond acceptors (Lipinski definition) is 4. The Bertz CT molecular complexity index is 1020. The number of aromatic amines is 1. The number of hydrogen-bond donors (Lipinski definition) is 1. The van der Waals surface area contributed by atoms with Crippen molar-refractivity contribution in [1.29, 1.82) is 0 Å². The second kappa shape index (κ2) is 6.82. The molecule has 144 valence electrons. The summed E-state index contributed by atoms with van der Waals surface area (Å²) in [6.45, 7) is 1.66. The van der Waals surface area contributed by atoms with Crippen molar-refractivity contribution in [3.8, 4) is 17.0 Å². The van der Waals surface area contributed by atoms with Crippen LogP contribution in [0.1, 0.15) is 47.2 Å². The van der Waals surface area contributed by atoms with E-state index in [1.165, 1.54) is 0 Å². The summed E-state index contributed by atoms with van der Waals surface area (Å²) in [5.74, 6) is 1.72. The molecule has 0 radical (unpaired) electrons. The lowest BCUT2D eigenvalue weighted by atomic mass is 10.1. The summed E-state index contributed by atoms with van der Waals surface area (Å²) in [4.78, 5) is 23.2. The van der Waals surface area contributed by atoms with Crippen molar-refractivity contribution in [2.75, 3.05) is 13.7 Å². The highest BCUT2D eigenvalue weighted by Gasteiger charge is 2.35. The van der Waals surface area contributed by atoms with Crippen LogP contribution in [-0.2, 0) is 13.0 Å². The molecule has 1 aromatic carbocycles. The molecule has 7 nitrogen and oxygen atoms in total. The van der Waals surface area contributed by atoms with Crippen LogP contribution in [-0.4, -0.2) is 44.2 Å². The molecule has 0 spiro atoms. The van der Waals surface area contributed by atoms with E-state index in [2.05, 4.69) is 15.1 Å². The zero-order valence-corrected chi connectivity index (χ0v) is 15.9. The normalized spacial score (nSPS) is 18.5. The highest BCUT2D eigenvalue weighted by Crippen LogP contribution is 2.34. The lowest BCUT2D eigenvalue weighted by Crippen LogP contribution is -2.31. The third-order valence-electron chi connectivity index (χ3n) is 5.77. The molecule has 2 aliphatic rings. The Morgan fingerprint density at radius 2 is 2.18 bits per heavy atom. The van der Waals surface area contributed by atoms with Gasteiger partial charge in [0.25, 0.3) is 5.91 Å². The molecular formula is C21H23N5O2. The first-order valence-electron chi connectivity index (χ1n) is 9.79. The standard InChI is InChI=1S/C21H23N5O2/c1-28-15-6-2-5-14(11-15)17-13-22-20(24-17)19-8-3-9-25(19)21(27)16-12-23-26-10-4-7-18(16)26/h2,5-6,11-13,19H,3-4,7-10H2,1H3,(H,22,24)/t19-/m0/s1. The van der Waals surface area contributed by atoms with Crippen molar-refractivity contribution in [3.63, 3.8) is 0 Å². The fourth-order valence-electron chi connectivity index (χ4n) is 4.33. The monoisotopic (exact) mass is 377 g/mol. The number of carbonyl (C=O) groups excluding carboxylic acids is 1. The quantitative estimate of drug-likeness (QED) is 0.757. The van der Waals surface area contributed by atoms with E-state index in [4.69, 9.17) is 4.74 Å². The lowest BCUT2D eigenvalue weighted by molar-refractivity contribution is 0.0729. The van der Waals surface area contributed by atoms with E-state index >= 15 is 0 Å². The number of amides is 1. The molecule has 1 fully saturated rings. The number of fused-ring (bicyclic) bond motifs is 1. The molecule has 1 saturated heterocycles. The first kappa shape index (κ1) is 17.0. The van der Waals surface area contributed by atoms with Crippen LogP contribution < -0.4 is 4.74 Å². The van der Waals surface area contributed by atoms with Gasteiger partial charge in [0.15, 0.2) is 0 Å². The molecule has 2 aromatic heterocycles. The Hall–Kier alpha value is -3.09. The molecule has 1 N–H and O–H groups in total. The molecule has 3 aromatic rings. The largest absolute Gasteiger partial charge is 0.497 e. The van der Waals surface area contributed by atoms with Gasteiger partial charge in [-0.2, -0.15) is 5.10 Å². The fraction of sp³-hybridized carbons (Fsp3) is 0.381. The summed E-state index contributed by atoms with van der Waals surface area (Å²) in [5.41, 5.74) is 3.78. The molecule has 0 bridgehead atoms. The molecule has 7 heteroatoms. The number of imidazole rings is 1. The first-order valence-corrected chi connectivity index (χ1v) is 9.79. The van der Waals surface area contributed by atoms with E-state index in [9.17, 15) is 4.79 Å². The first-order chi connectivity index (χ1) is 13.7. The Kier molecular flexibility index (Phi) is 4.15. The van der Waals surface area contributed by atoms with Crippen molar-refractivity contribution >= 4 is 5.91 Å². The summed E-state index contributed by atoms with van der Waals surface area (Å²) < 4.78 is 7.28. The number of carbonyl (C=O) groups is 1. The van der Waals surface area contributed by atoms with Crippen LogP contribution in [0.15, 0.2) is 36.7 Å². The smallest absolute Gasteiger partial charge is 0.257 e. The maximum absolute atomic E-state index is 13.2. The van der Waals surface area contributed by atoms with Crippen molar-refractivity contribution in [1.82, 2.24) is 24.6 Å². The summed E-state index contributed by atoms with van der Waals surface area (Å²) in [6.07, 6.45) is 7.46. The molecule has 0 unspecified atom stereocenters. The molecule has 1 amide bonds. The van der Waals surface area contributed by atoms with Crippen LogP contribution in [0.5, 0.6) is 5.75 Å². The van der Waals surface area contributed by atoms with Crippen LogP contribution in [0.4, 0.5) is 0 Å². The van der Waals surface area contributed by atoms with E-state index in [1.54, 1.807) is 13.3 Å². The number of rotatable bonds is 4. The molecule has 1 atom stereocenters. The van der Waals surface area contributed by atoms with E-state index < -0.39 is 0 Å². The van der Waals surface area contributed by atoms with Gasteiger partial charge in [-0.1, -0.05) is 12.1 Å². The SMILES string of the molecule is COc1cccc(-c2cnc([C@@H]3CCCN3C(=O)c3cnn4c3CCC4)[nH]2)c1. The van der Waals surface area contributed by atoms with Crippen LogP contribution in [0, 0.1) is 0 Å². The summed E-state index contributed by atoms with van der Waals surface area (Å²) >= 11 is 0. The predicted octanol–water partition coefficient (Wildman–Crippen LogP) is 3.21. The van der Waals surface area contributed by atoms with Gasteiger partial charge in [-0.05, 0) is 37.8 Å². The number of H-pyrrole nitrogens is 1. The molecule has 28 heavy (non-hydrogen) atoms. The van der Waals surface area contributed by atoms with Crippen molar-refractivity contribution in [2.45, 2.75) is 38.3 Å². The van der Waals surface area contributed by atoms with Gasteiger partial charge in [0.05, 0.1) is 42.5 Å². The molecule has 5 rings (SSSR count). The van der Waals surface area contributed by atoms with Gasteiger partial charge in [0.1, 0.15) is 11.6 Å². The Balaban J connectivity index is 1.41. The minimum Gasteiger partial charge on any atom is -0.497 e. The Labute approximate surface area is 163 Å². The van der Waals surface area contributed by atoms with Crippen molar-refractivity contribution in [3.05, 3.63) is 53.7 Å². The molecule has 0 saturated carbocycles. The van der Waals surface area contributed by atoms with Gasteiger partial charge in [-0.25, -0.2) is 4.98 Å². The number of likely N-dealkylation sites (tertiary alicyclic amines) is 1. The van der Waals surface area contributed by atoms with Gasteiger partial charge < -0.3 is 14.6 Å². The summed E-state index contributed by atoms with van der Waals surface area (Å²) in [6, 6.07) is 7.85. The minimum absolute atomic E-state index is 0.0242. The Morgan fingerprint density at radius 1 is 1.25 bits per heavy atom. The van der Waals surface area contributed by atoms with Crippen LogP contribution in [0.3, 0.4) is 0 Å². The Morgan fingerprint density at radius 3 is 3.07 bits per heavy atom. The third-order valence-corrected chi connectivity index (χ3v) is 5.77. The zero-order valence-electron chi connectivity index (χ0n) is 15.9. The van der Waals surface area contributed by atoms with Crippen LogP contribution in [0.25, 0.3) is 11.3 Å². The highest BCUT2D eigenvalue weighted by atomic mass is 16.5. The second-order valence-corrected chi connectivity index (χ2v) is 7.40. The third kappa shape index (κ3) is 2.78. The van der Waals surface area contributed by atoms with E-state index in [-0.39, 0.29) is 11.9 Å². The maximum Gasteiger partial charge on any atom is 0.257 e. The maximum atomic E-state index is 13.2. The lowest BCUT2D eigenvalue weighted by Gasteiger charge is -2.23. The number of ether oxygens (including phenoxy) is 1. The van der Waals surface area contributed by atoms with Gasteiger partial charge in [-0.15, -0.1) is 0 Å². The average Bonchev–Trinajstić information content (AvgIpc) is 3.50. The number of benzene rings is 1. The predicted molar refractivity (Wildman–Crippen MR) is 104 cm³/mol. The fourth-order valence-corrected chi connectivity index (χ4v) is 4.33. The minimum atomic E-state index is -0.0242. The number of nitrogens with zero attached hydrogens (tertiary/aromatic N) is 4. The van der Waals surface area contributed by atoms with Crippen LogP contribution in [0.2, 0.25) is 0 Å². The number of nitrogens with one attached hydrogen (secondary N) is 1. The number of aryl methyl sites for hydroxylation is 1. The summed E-state index contributed by atoms with van der Waals surface area (Å²) in [5, 5.41) is 4.38. The van der Waals surface area contributed by atoms with Crippen LogP contribution >= 0.6 is 0 Å². The van der Waals surface area contributed by atoms with Gasteiger partial charge in [0.2, 0.25) is 0 Å². The number of methoxy groups -OCH3 is 1. The average molecular weight is 377 g/mol.